The van der Waals surface area contributed by atoms with Gasteiger partial charge in [-0.15, -0.1) is 0 Å². The van der Waals surface area contributed by atoms with Crippen LogP contribution < -0.4 is 5.32 Å². The Bertz CT molecular complexity index is 482. The zero-order chi connectivity index (χ0) is 14.7. The van der Waals surface area contributed by atoms with Crippen LogP contribution in [0.5, 0.6) is 0 Å². The van der Waals surface area contributed by atoms with E-state index in [4.69, 9.17) is 0 Å². The van der Waals surface area contributed by atoms with E-state index in [1.165, 1.54) is 11.1 Å². The number of aliphatic hydroxyl groups is 1. The summed E-state index contributed by atoms with van der Waals surface area (Å²) in [6, 6.07) is 6.24. The van der Waals surface area contributed by atoms with Crippen LogP contribution in [0.25, 0.3) is 0 Å². The standard InChI is InChI=1S/C17H25NO2/c1-4-11(2)17(20)18-16-7-5-6-13-8-9-14(12(3)19)10-15(13)16/h8-12,16,19H,4-7H2,1-3H3,(H,18,20). The van der Waals surface area contributed by atoms with Gasteiger partial charge in [-0.25, -0.2) is 0 Å². The Morgan fingerprint density at radius 2 is 2.20 bits per heavy atom. The summed E-state index contributed by atoms with van der Waals surface area (Å²) in [4.78, 5) is 12.1. The Balaban J connectivity index is 2.22. The molecule has 0 aromatic heterocycles. The van der Waals surface area contributed by atoms with Crippen molar-refractivity contribution in [3.05, 3.63) is 34.9 Å². The van der Waals surface area contributed by atoms with Crippen LogP contribution in [0.3, 0.4) is 0 Å². The highest BCUT2D eigenvalue weighted by Gasteiger charge is 2.24. The van der Waals surface area contributed by atoms with Gasteiger partial charge in [-0.2, -0.15) is 0 Å². The van der Waals surface area contributed by atoms with Crippen molar-refractivity contribution in [1.29, 1.82) is 0 Å². The molecule has 1 amide bonds. The number of hydrogen-bond acceptors (Lipinski definition) is 2. The van der Waals surface area contributed by atoms with Gasteiger partial charge in [0.15, 0.2) is 0 Å². The van der Waals surface area contributed by atoms with Crippen LogP contribution in [0.2, 0.25) is 0 Å². The number of carbonyl (C=O) groups is 1. The van der Waals surface area contributed by atoms with Crippen LogP contribution >= 0.6 is 0 Å². The predicted octanol–water partition coefficient (Wildman–Crippen LogP) is 3.28. The summed E-state index contributed by atoms with van der Waals surface area (Å²) in [6.45, 7) is 5.77. The number of carbonyl (C=O) groups excluding carboxylic acids is 1. The largest absolute Gasteiger partial charge is 0.389 e. The summed E-state index contributed by atoms with van der Waals surface area (Å²) in [5.41, 5.74) is 3.41. The number of amides is 1. The molecule has 0 spiro atoms. The molecular formula is C17H25NO2. The van der Waals surface area contributed by atoms with Crippen molar-refractivity contribution in [1.82, 2.24) is 5.32 Å². The second-order valence-corrected chi connectivity index (χ2v) is 5.90. The number of aliphatic hydroxyl groups excluding tert-OH is 1. The third-order valence-corrected chi connectivity index (χ3v) is 4.34. The minimum Gasteiger partial charge on any atom is -0.389 e. The molecule has 3 unspecified atom stereocenters. The highest BCUT2D eigenvalue weighted by molar-refractivity contribution is 5.78. The molecular weight excluding hydrogens is 250 g/mol. The van der Waals surface area contributed by atoms with Crippen molar-refractivity contribution in [3.8, 4) is 0 Å². The van der Waals surface area contributed by atoms with E-state index in [2.05, 4.69) is 17.4 Å². The smallest absolute Gasteiger partial charge is 0.223 e. The highest BCUT2D eigenvalue weighted by atomic mass is 16.3. The summed E-state index contributed by atoms with van der Waals surface area (Å²) < 4.78 is 0. The fraction of sp³-hybridized carbons (Fsp3) is 0.588. The first-order valence-electron chi connectivity index (χ1n) is 7.64. The normalized spacial score (nSPS) is 20.9. The van der Waals surface area contributed by atoms with Gasteiger partial charge in [0.25, 0.3) is 0 Å². The van der Waals surface area contributed by atoms with Gasteiger partial charge in [0.1, 0.15) is 0 Å². The lowest BCUT2D eigenvalue weighted by atomic mass is 9.85. The second kappa shape index (κ2) is 6.40. The maximum Gasteiger partial charge on any atom is 0.223 e. The molecule has 1 aromatic rings. The van der Waals surface area contributed by atoms with Crippen molar-refractivity contribution < 1.29 is 9.90 Å². The molecule has 3 atom stereocenters. The first kappa shape index (κ1) is 15.0. The average Bonchev–Trinajstić information content (AvgIpc) is 2.46. The molecule has 0 radical (unpaired) electrons. The third kappa shape index (κ3) is 3.21. The monoisotopic (exact) mass is 275 g/mol. The van der Waals surface area contributed by atoms with Crippen LogP contribution in [0.1, 0.15) is 68.9 Å². The van der Waals surface area contributed by atoms with Crippen LogP contribution in [0.15, 0.2) is 18.2 Å². The third-order valence-electron chi connectivity index (χ3n) is 4.34. The molecule has 0 heterocycles. The maximum absolute atomic E-state index is 12.1. The van der Waals surface area contributed by atoms with E-state index in [1.54, 1.807) is 6.92 Å². The summed E-state index contributed by atoms with van der Waals surface area (Å²) >= 11 is 0. The van der Waals surface area contributed by atoms with Crippen LogP contribution in [-0.4, -0.2) is 11.0 Å². The average molecular weight is 275 g/mol. The first-order valence-corrected chi connectivity index (χ1v) is 7.64. The molecule has 0 saturated carbocycles. The van der Waals surface area contributed by atoms with Gasteiger partial charge in [-0.1, -0.05) is 32.0 Å². The zero-order valence-corrected chi connectivity index (χ0v) is 12.6. The van der Waals surface area contributed by atoms with Gasteiger partial charge in [-0.3, -0.25) is 4.79 Å². The molecule has 0 aliphatic heterocycles. The fourth-order valence-corrected chi connectivity index (χ4v) is 2.73. The lowest BCUT2D eigenvalue weighted by Crippen LogP contribution is -2.34. The van der Waals surface area contributed by atoms with Crippen LogP contribution in [-0.2, 0) is 11.2 Å². The van der Waals surface area contributed by atoms with Gasteiger partial charge >= 0.3 is 0 Å². The van der Waals surface area contributed by atoms with E-state index in [1.807, 2.05) is 19.9 Å². The molecule has 20 heavy (non-hydrogen) atoms. The molecule has 3 heteroatoms. The minimum atomic E-state index is -0.465. The van der Waals surface area contributed by atoms with Gasteiger partial charge in [0.05, 0.1) is 12.1 Å². The molecule has 3 nitrogen and oxygen atoms in total. The minimum absolute atomic E-state index is 0.0559. The second-order valence-electron chi connectivity index (χ2n) is 5.90. The number of benzene rings is 1. The molecule has 0 fully saturated rings. The lowest BCUT2D eigenvalue weighted by molar-refractivity contribution is -0.125. The SMILES string of the molecule is CCC(C)C(=O)NC1CCCc2ccc(C(C)O)cc21. The Kier molecular flexibility index (Phi) is 4.81. The van der Waals surface area contributed by atoms with Gasteiger partial charge in [0.2, 0.25) is 5.91 Å². The molecule has 0 bridgehead atoms. The van der Waals surface area contributed by atoms with Crippen molar-refractivity contribution in [2.24, 2.45) is 5.92 Å². The van der Waals surface area contributed by atoms with E-state index in [0.29, 0.717) is 0 Å². The van der Waals surface area contributed by atoms with E-state index in [9.17, 15) is 9.90 Å². The Morgan fingerprint density at radius 3 is 2.85 bits per heavy atom. The van der Waals surface area contributed by atoms with E-state index in [-0.39, 0.29) is 17.9 Å². The zero-order valence-electron chi connectivity index (χ0n) is 12.6. The van der Waals surface area contributed by atoms with Crippen molar-refractivity contribution >= 4 is 5.91 Å². The molecule has 1 aliphatic rings. The molecule has 1 aromatic carbocycles. The van der Waals surface area contributed by atoms with E-state index < -0.39 is 6.10 Å². The number of aryl methyl sites for hydroxylation is 1. The molecule has 0 saturated heterocycles. The topological polar surface area (TPSA) is 49.3 Å². The quantitative estimate of drug-likeness (QED) is 0.886. The maximum atomic E-state index is 12.1. The summed E-state index contributed by atoms with van der Waals surface area (Å²) in [5, 5.41) is 12.9. The Labute approximate surface area is 121 Å². The summed E-state index contributed by atoms with van der Waals surface area (Å²) in [6.07, 6.45) is 3.54. The van der Waals surface area contributed by atoms with Crippen LogP contribution in [0, 0.1) is 5.92 Å². The fourth-order valence-electron chi connectivity index (χ4n) is 2.73. The first-order chi connectivity index (χ1) is 9.52. The van der Waals surface area contributed by atoms with Gasteiger partial charge in [0, 0.05) is 5.92 Å². The van der Waals surface area contributed by atoms with Gasteiger partial charge < -0.3 is 10.4 Å². The lowest BCUT2D eigenvalue weighted by Gasteiger charge is -2.28. The Hall–Kier alpha value is -1.35. The molecule has 2 rings (SSSR count). The molecule has 110 valence electrons. The predicted molar refractivity (Wildman–Crippen MR) is 80.4 cm³/mol. The van der Waals surface area contributed by atoms with Gasteiger partial charge in [-0.05, 0) is 49.3 Å². The van der Waals surface area contributed by atoms with E-state index >= 15 is 0 Å². The summed E-state index contributed by atoms with van der Waals surface area (Å²) in [7, 11) is 0. The number of nitrogens with one attached hydrogen (secondary N) is 1. The van der Waals surface area contributed by atoms with Crippen LogP contribution in [0.4, 0.5) is 0 Å². The van der Waals surface area contributed by atoms with Crippen molar-refractivity contribution in [2.45, 2.75) is 58.6 Å². The van der Waals surface area contributed by atoms with Crippen molar-refractivity contribution in [3.63, 3.8) is 0 Å². The number of hydrogen-bond donors (Lipinski definition) is 2. The Morgan fingerprint density at radius 1 is 1.45 bits per heavy atom. The van der Waals surface area contributed by atoms with Crippen molar-refractivity contribution in [2.75, 3.05) is 0 Å². The molecule has 1 aliphatic carbocycles. The molecule has 2 N–H and O–H groups in total. The summed E-state index contributed by atoms with van der Waals surface area (Å²) in [5.74, 6) is 0.188. The van der Waals surface area contributed by atoms with E-state index in [0.717, 1.165) is 31.2 Å². The number of rotatable bonds is 4. The number of fused-ring (bicyclic) bond motifs is 1. The highest BCUT2D eigenvalue weighted by Crippen LogP contribution is 2.32.